The molecule has 0 amide bonds. The minimum atomic E-state index is 0.714. The highest BCUT2D eigenvalue weighted by Gasteiger charge is 2.19. The molecule has 0 bridgehead atoms. The van der Waals surface area contributed by atoms with Crippen LogP contribution in [0.4, 0.5) is 0 Å². The summed E-state index contributed by atoms with van der Waals surface area (Å²) in [5, 5.41) is 3.75. The van der Waals surface area contributed by atoms with E-state index in [-0.39, 0.29) is 0 Å². The van der Waals surface area contributed by atoms with E-state index in [4.69, 9.17) is 9.97 Å². The fourth-order valence-electron chi connectivity index (χ4n) is 5.56. The van der Waals surface area contributed by atoms with Gasteiger partial charge in [-0.15, -0.1) is 11.3 Å². The highest BCUT2D eigenvalue weighted by molar-refractivity contribution is 7.23. The summed E-state index contributed by atoms with van der Waals surface area (Å²) < 4.78 is 3.60. The monoisotopic (exact) mass is 529 g/mol. The van der Waals surface area contributed by atoms with Crippen molar-refractivity contribution >= 4 is 43.2 Å². The number of hydrogen-bond donors (Lipinski definition) is 0. The Balaban J connectivity index is 1.43. The van der Waals surface area contributed by atoms with Gasteiger partial charge in [-0.1, -0.05) is 115 Å². The minimum absolute atomic E-state index is 0.714. The van der Waals surface area contributed by atoms with Crippen LogP contribution in [-0.4, -0.2) is 14.5 Å². The van der Waals surface area contributed by atoms with Crippen LogP contribution >= 0.6 is 11.3 Å². The molecule has 3 heterocycles. The SMILES string of the molecule is c1ccc(-c2cc(-n3c4ccccc4c4c5sc(-c6ccccc6)cc5ccc43)nc(-c3ccccc3)n2)cc1. The molecule has 0 unspecified atom stereocenters. The van der Waals surface area contributed by atoms with Crippen molar-refractivity contribution < 1.29 is 0 Å². The molecule has 0 N–H and O–H groups in total. The smallest absolute Gasteiger partial charge is 0.162 e. The molecule has 188 valence electrons. The average Bonchev–Trinajstić information content (AvgIpc) is 3.62. The van der Waals surface area contributed by atoms with Crippen LogP contribution < -0.4 is 0 Å². The summed E-state index contributed by atoms with van der Waals surface area (Å²) >= 11 is 1.86. The first-order chi connectivity index (χ1) is 19.8. The molecule has 0 atom stereocenters. The van der Waals surface area contributed by atoms with Crippen LogP contribution in [0.3, 0.4) is 0 Å². The molecule has 8 rings (SSSR count). The molecule has 0 aliphatic carbocycles. The first-order valence-electron chi connectivity index (χ1n) is 13.3. The first-order valence-corrected chi connectivity index (χ1v) is 14.2. The van der Waals surface area contributed by atoms with E-state index in [1.165, 1.54) is 31.3 Å². The van der Waals surface area contributed by atoms with Crippen molar-refractivity contribution in [2.45, 2.75) is 0 Å². The third-order valence-electron chi connectivity index (χ3n) is 7.42. The number of nitrogens with zero attached hydrogens (tertiary/aromatic N) is 3. The van der Waals surface area contributed by atoms with E-state index in [0.717, 1.165) is 33.7 Å². The molecule has 3 nitrogen and oxygen atoms in total. The van der Waals surface area contributed by atoms with Crippen LogP contribution in [0.25, 0.3) is 70.8 Å². The third kappa shape index (κ3) is 3.73. The molecule has 8 aromatic rings. The summed E-state index contributed by atoms with van der Waals surface area (Å²) in [5.41, 5.74) is 6.49. The number of para-hydroxylation sites is 1. The van der Waals surface area contributed by atoms with E-state index in [2.05, 4.69) is 120 Å². The fraction of sp³-hybridized carbons (Fsp3) is 0. The molecule has 5 aromatic carbocycles. The van der Waals surface area contributed by atoms with E-state index < -0.39 is 0 Å². The lowest BCUT2D eigenvalue weighted by Gasteiger charge is -2.12. The first kappa shape index (κ1) is 22.9. The normalized spacial score (nSPS) is 11.5. The quantitative estimate of drug-likeness (QED) is 0.227. The summed E-state index contributed by atoms with van der Waals surface area (Å²) in [7, 11) is 0. The molecule has 0 saturated carbocycles. The second-order valence-electron chi connectivity index (χ2n) is 9.87. The van der Waals surface area contributed by atoms with Crippen LogP contribution in [0.1, 0.15) is 0 Å². The zero-order valence-electron chi connectivity index (χ0n) is 21.5. The molecule has 0 aliphatic heterocycles. The standard InChI is InChI=1S/C36H23N3S/c1-4-12-24(13-5-1)29-23-33(38-36(37-29)26-16-8-3-9-17-26)39-30-19-11-10-18-28(30)34-31(39)21-20-27-22-32(40-35(27)34)25-14-6-2-7-15-25/h1-23H. The summed E-state index contributed by atoms with van der Waals surface area (Å²) in [5.74, 6) is 1.57. The average molecular weight is 530 g/mol. The molecule has 0 aliphatic rings. The predicted molar refractivity (Wildman–Crippen MR) is 168 cm³/mol. The lowest BCUT2D eigenvalue weighted by atomic mass is 10.1. The van der Waals surface area contributed by atoms with Gasteiger partial charge in [-0.25, -0.2) is 9.97 Å². The van der Waals surface area contributed by atoms with E-state index >= 15 is 0 Å². The molecule has 0 spiro atoms. The molecule has 4 heteroatoms. The second kappa shape index (κ2) is 9.30. The van der Waals surface area contributed by atoms with Crippen molar-refractivity contribution in [2.24, 2.45) is 0 Å². The predicted octanol–water partition coefficient (Wildman–Crippen LogP) is 9.79. The van der Waals surface area contributed by atoms with E-state index in [1.807, 2.05) is 35.6 Å². The Morgan fingerprint density at radius 2 is 1.18 bits per heavy atom. The van der Waals surface area contributed by atoms with E-state index in [0.29, 0.717) is 5.82 Å². The van der Waals surface area contributed by atoms with Gasteiger partial charge in [0.05, 0.1) is 16.7 Å². The van der Waals surface area contributed by atoms with Crippen LogP contribution in [0.2, 0.25) is 0 Å². The summed E-state index contributed by atoms with van der Waals surface area (Å²) in [6, 6.07) is 48.8. The van der Waals surface area contributed by atoms with Crippen molar-refractivity contribution in [3.63, 3.8) is 0 Å². The van der Waals surface area contributed by atoms with Crippen LogP contribution in [-0.2, 0) is 0 Å². The van der Waals surface area contributed by atoms with Crippen LogP contribution in [0.5, 0.6) is 0 Å². The number of hydrogen-bond acceptors (Lipinski definition) is 3. The lowest BCUT2D eigenvalue weighted by Crippen LogP contribution is -2.02. The van der Waals surface area contributed by atoms with Gasteiger partial charge in [0.25, 0.3) is 0 Å². The molecule has 3 aromatic heterocycles. The number of aromatic nitrogens is 3. The van der Waals surface area contributed by atoms with Gasteiger partial charge < -0.3 is 0 Å². The summed E-state index contributed by atoms with van der Waals surface area (Å²) in [6.45, 7) is 0. The zero-order chi connectivity index (χ0) is 26.5. The number of thiophene rings is 1. The zero-order valence-corrected chi connectivity index (χ0v) is 22.3. The number of rotatable bonds is 4. The van der Waals surface area contributed by atoms with Crippen molar-refractivity contribution in [3.05, 3.63) is 140 Å². The number of benzene rings is 5. The van der Waals surface area contributed by atoms with Gasteiger partial charge >= 0.3 is 0 Å². The molecule has 0 saturated heterocycles. The van der Waals surface area contributed by atoms with Crippen molar-refractivity contribution in [2.75, 3.05) is 0 Å². The van der Waals surface area contributed by atoms with Crippen molar-refractivity contribution in [3.8, 4) is 38.9 Å². The van der Waals surface area contributed by atoms with Gasteiger partial charge in [0.2, 0.25) is 0 Å². The van der Waals surface area contributed by atoms with E-state index in [9.17, 15) is 0 Å². The largest absolute Gasteiger partial charge is 0.294 e. The van der Waals surface area contributed by atoms with E-state index in [1.54, 1.807) is 0 Å². The van der Waals surface area contributed by atoms with Gasteiger partial charge in [-0.3, -0.25) is 4.57 Å². The van der Waals surface area contributed by atoms with Gasteiger partial charge in [0.15, 0.2) is 5.82 Å². The Labute approximate surface area is 235 Å². The maximum atomic E-state index is 5.16. The number of fused-ring (bicyclic) bond motifs is 5. The van der Waals surface area contributed by atoms with Crippen LogP contribution in [0, 0.1) is 0 Å². The van der Waals surface area contributed by atoms with Gasteiger partial charge in [-0.05, 0) is 29.1 Å². The van der Waals surface area contributed by atoms with Gasteiger partial charge in [0.1, 0.15) is 5.82 Å². The molecule has 0 fully saturated rings. The Kier molecular flexibility index (Phi) is 5.32. The fourth-order valence-corrected chi connectivity index (χ4v) is 6.78. The highest BCUT2D eigenvalue weighted by Crippen LogP contribution is 2.42. The third-order valence-corrected chi connectivity index (χ3v) is 8.64. The maximum Gasteiger partial charge on any atom is 0.162 e. The van der Waals surface area contributed by atoms with Crippen molar-refractivity contribution in [1.82, 2.24) is 14.5 Å². The summed E-state index contributed by atoms with van der Waals surface area (Å²) in [4.78, 5) is 11.4. The Hall–Kier alpha value is -5.06. The van der Waals surface area contributed by atoms with Crippen LogP contribution in [0.15, 0.2) is 140 Å². The van der Waals surface area contributed by atoms with Gasteiger partial charge in [0, 0.05) is 37.5 Å². The Bertz CT molecular complexity index is 2090. The Morgan fingerprint density at radius 3 is 1.93 bits per heavy atom. The Morgan fingerprint density at radius 1 is 0.525 bits per heavy atom. The second-order valence-corrected chi connectivity index (χ2v) is 10.9. The topological polar surface area (TPSA) is 30.7 Å². The molecule has 40 heavy (non-hydrogen) atoms. The summed E-state index contributed by atoms with van der Waals surface area (Å²) in [6.07, 6.45) is 0. The maximum absolute atomic E-state index is 5.16. The molecule has 0 radical (unpaired) electrons. The lowest BCUT2D eigenvalue weighted by molar-refractivity contribution is 1.05. The molecular weight excluding hydrogens is 506 g/mol. The van der Waals surface area contributed by atoms with Gasteiger partial charge in [-0.2, -0.15) is 0 Å². The highest BCUT2D eigenvalue weighted by atomic mass is 32.1. The minimum Gasteiger partial charge on any atom is -0.294 e. The van der Waals surface area contributed by atoms with Crippen molar-refractivity contribution in [1.29, 1.82) is 0 Å². The molecular formula is C36H23N3S.